The maximum Gasteiger partial charge on any atom is 0.240 e. The van der Waals surface area contributed by atoms with Crippen LogP contribution in [0.3, 0.4) is 0 Å². The largest absolute Gasteiger partial charge is 0.477 e. The third kappa shape index (κ3) is 3.53. The lowest BCUT2D eigenvalue weighted by Gasteiger charge is -2.29. The van der Waals surface area contributed by atoms with Crippen molar-refractivity contribution in [3.63, 3.8) is 0 Å². The minimum Gasteiger partial charge on any atom is -0.477 e. The zero-order chi connectivity index (χ0) is 20.0. The molecule has 0 aliphatic carbocycles. The van der Waals surface area contributed by atoms with E-state index in [1.54, 1.807) is 43.4 Å². The highest BCUT2D eigenvalue weighted by Gasteiger charge is 2.43. The Labute approximate surface area is 163 Å². The molecular weight excluding hydrogens is 352 g/mol. The molecule has 5 nitrogen and oxygen atoms in total. The molecule has 2 aromatic carbocycles. The van der Waals surface area contributed by atoms with Crippen LogP contribution < -0.4 is 0 Å². The van der Waals surface area contributed by atoms with E-state index in [1.807, 2.05) is 42.5 Å². The molecule has 28 heavy (non-hydrogen) atoms. The zero-order valence-corrected chi connectivity index (χ0v) is 15.4. The normalized spacial score (nSPS) is 18.2. The van der Waals surface area contributed by atoms with Gasteiger partial charge in [0, 0.05) is 23.1 Å². The summed E-state index contributed by atoms with van der Waals surface area (Å²) in [5.74, 6) is 0.594. The van der Waals surface area contributed by atoms with Gasteiger partial charge in [0.1, 0.15) is 5.76 Å². The fraction of sp³-hybridized carbons (Fsp3) is 0.130. The first-order valence-electron chi connectivity index (χ1n) is 8.71. The van der Waals surface area contributed by atoms with Crippen LogP contribution in [0.15, 0.2) is 89.0 Å². The van der Waals surface area contributed by atoms with Crippen molar-refractivity contribution in [2.75, 3.05) is 0 Å². The Morgan fingerprint density at radius 2 is 1.89 bits per heavy atom. The monoisotopic (exact) mass is 370 g/mol. The quantitative estimate of drug-likeness (QED) is 0.404. The second kappa shape index (κ2) is 8.28. The lowest BCUT2D eigenvalue weighted by atomic mass is 9.82. The third-order valence-corrected chi connectivity index (χ3v) is 4.63. The van der Waals surface area contributed by atoms with Crippen LogP contribution in [0.25, 0.3) is 5.76 Å². The number of ether oxygens (including phenoxy) is 1. The molecule has 1 aliphatic rings. The summed E-state index contributed by atoms with van der Waals surface area (Å²) in [6.07, 6.45) is 8.96. The molecule has 0 saturated carbocycles. The van der Waals surface area contributed by atoms with E-state index in [9.17, 15) is 9.59 Å². The standard InChI is InChI=1S/C23H18N2O3/c1-3-19(24-15-26)7-6-14-23(18-10-12-20(13-11-18)25-16-27)22-9-5-4-8-21(22)17(2)28-23/h3-13H,2,14H2,1H3/b7-6-,19-3+. The first kappa shape index (κ1) is 19.0. The van der Waals surface area contributed by atoms with Crippen molar-refractivity contribution >= 4 is 23.6 Å². The van der Waals surface area contributed by atoms with Gasteiger partial charge in [-0.2, -0.15) is 9.98 Å². The molecule has 0 amide bonds. The Morgan fingerprint density at radius 3 is 2.57 bits per heavy atom. The topological polar surface area (TPSA) is 68.1 Å². The summed E-state index contributed by atoms with van der Waals surface area (Å²) in [6, 6.07) is 15.1. The molecule has 138 valence electrons. The van der Waals surface area contributed by atoms with Crippen LogP contribution in [0.2, 0.25) is 0 Å². The number of carbonyl (C=O) groups excluding carboxylic acids is 2. The highest BCUT2D eigenvalue weighted by molar-refractivity contribution is 5.69. The predicted octanol–water partition coefficient (Wildman–Crippen LogP) is 5.08. The van der Waals surface area contributed by atoms with Gasteiger partial charge in [0.2, 0.25) is 12.2 Å². The van der Waals surface area contributed by atoms with Gasteiger partial charge in [-0.15, -0.1) is 0 Å². The van der Waals surface area contributed by atoms with E-state index in [-0.39, 0.29) is 0 Å². The summed E-state index contributed by atoms with van der Waals surface area (Å²) >= 11 is 0. The number of rotatable bonds is 6. The van der Waals surface area contributed by atoms with Gasteiger partial charge in [0.25, 0.3) is 0 Å². The van der Waals surface area contributed by atoms with E-state index in [1.165, 1.54) is 0 Å². The summed E-state index contributed by atoms with van der Waals surface area (Å²) in [7, 11) is 0. The minimum absolute atomic E-state index is 0.491. The number of fused-ring (bicyclic) bond motifs is 1. The molecule has 0 fully saturated rings. The second-order valence-electron chi connectivity index (χ2n) is 6.17. The van der Waals surface area contributed by atoms with Gasteiger partial charge < -0.3 is 4.74 Å². The van der Waals surface area contributed by atoms with Gasteiger partial charge in [0.05, 0.1) is 11.4 Å². The summed E-state index contributed by atoms with van der Waals surface area (Å²) in [4.78, 5) is 28.3. The Morgan fingerprint density at radius 1 is 1.14 bits per heavy atom. The van der Waals surface area contributed by atoms with Crippen molar-refractivity contribution in [2.45, 2.75) is 18.9 Å². The van der Waals surface area contributed by atoms with Crippen molar-refractivity contribution in [1.82, 2.24) is 0 Å². The van der Waals surface area contributed by atoms with Crippen LogP contribution in [0.1, 0.15) is 30.0 Å². The Kier molecular flexibility index (Phi) is 5.61. The van der Waals surface area contributed by atoms with E-state index < -0.39 is 5.60 Å². The highest BCUT2D eigenvalue weighted by atomic mass is 16.5. The van der Waals surface area contributed by atoms with Crippen LogP contribution in [0.4, 0.5) is 5.69 Å². The summed E-state index contributed by atoms with van der Waals surface area (Å²) in [6.45, 7) is 5.85. The lowest BCUT2D eigenvalue weighted by molar-refractivity contribution is 0.0987. The maximum atomic E-state index is 10.5. The Hall–Kier alpha value is -3.78. The molecule has 0 aromatic heterocycles. The number of isocyanates is 2. The lowest BCUT2D eigenvalue weighted by Crippen LogP contribution is -2.26. The summed E-state index contributed by atoms with van der Waals surface area (Å²) in [5, 5.41) is 0. The Balaban J connectivity index is 2.08. The number of benzene rings is 2. The number of aliphatic imine (C=N–C) groups is 2. The average molecular weight is 370 g/mol. The first-order chi connectivity index (χ1) is 13.6. The molecule has 0 saturated heterocycles. The number of allylic oxidation sites excluding steroid dienone is 2. The van der Waals surface area contributed by atoms with E-state index in [4.69, 9.17) is 4.74 Å². The van der Waals surface area contributed by atoms with Crippen LogP contribution in [0.5, 0.6) is 0 Å². The molecule has 3 rings (SSSR count). The van der Waals surface area contributed by atoms with E-state index >= 15 is 0 Å². The molecule has 1 heterocycles. The van der Waals surface area contributed by atoms with E-state index in [0.29, 0.717) is 23.6 Å². The van der Waals surface area contributed by atoms with Crippen LogP contribution in [-0.2, 0) is 19.9 Å². The number of nitrogens with zero attached hydrogens (tertiary/aromatic N) is 2. The zero-order valence-electron chi connectivity index (χ0n) is 15.4. The van der Waals surface area contributed by atoms with Crippen LogP contribution >= 0.6 is 0 Å². The molecule has 1 aliphatic heterocycles. The van der Waals surface area contributed by atoms with Crippen molar-refractivity contribution in [2.24, 2.45) is 9.98 Å². The smallest absolute Gasteiger partial charge is 0.240 e. The minimum atomic E-state index is -0.780. The van der Waals surface area contributed by atoms with Crippen molar-refractivity contribution in [3.8, 4) is 0 Å². The molecule has 1 unspecified atom stereocenters. The van der Waals surface area contributed by atoms with Gasteiger partial charge >= 0.3 is 0 Å². The number of hydrogen-bond donors (Lipinski definition) is 0. The van der Waals surface area contributed by atoms with Gasteiger partial charge in [-0.25, -0.2) is 9.59 Å². The van der Waals surface area contributed by atoms with Gasteiger partial charge in [-0.3, -0.25) is 0 Å². The van der Waals surface area contributed by atoms with Crippen LogP contribution in [0, 0.1) is 0 Å². The third-order valence-electron chi connectivity index (χ3n) is 4.63. The van der Waals surface area contributed by atoms with Gasteiger partial charge in [-0.1, -0.05) is 55.1 Å². The number of hydrogen-bond acceptors (Lipinski definition) is 5. The van der Waals surface area contributed by atoms with E-state index in [2.05, 4.69) is 16.6 Å². The maximum absolute atomic E-state index is 10.5. The van der Waals surface area contributed by atoms with Crippen molar-refractivity contribution in [3.05, 3.63) is 95.7 Å². The average Bonchev–Trinajstić information content (AvgIpc) is 3.01. The van der Waals surface area contributed by atoms with Crippen LogP contribution in [-0.4, -0.2) is 12.2 Å². The molecule has 0 radical (unpaired) electrons. The second-order valence-corrected chi connectivity index (χ2v) is 6.17. The Bertz CT molecular complexity index is 1050. The molecule has 2 aromatic rings. The molecule has 0 bridgehead atoms. The fourth-order valence-electron chi connectivity index (χ4n) is 3.34. The SMILES string of the molecule is C=C1OC(C/C=C\C(=C/C)N=C=O)(c2ccc(N=C=O)cc2)c2ccccc21. The van der Waals surface area contributed by atoms with Crippen molar-refractivity contribution < 1.29 is 14.3 Å². The molecule has 0 N–H and O–H groups in total. The van der Waals surface area contributed by atoms with Gasteiger partial charge in [-0.05, 0) is 25.1 Å². The predicted molar refractivity (Wildman–Crippen MR) is 107 cm³/mol. The fourth-order valence-corrected chi connectivity index (χ4v) is 3.34. The molecule has 1 atom stereocenters. The van der Waals surface area contributed by atoms with Gasteiger partial charge in [0.15, 0.2) is 5.60 Å². The summed E-state index contributed by atoms with van der Waals surface area (Å²) < 4.78 is 6.30. The van der Waals surface area contributed by atoms with Crippen molar-refractivity contribution in [1.29, 1.82) is 0 Å². The highest BCUT2D eigenvalue weighted by Crippen LogP contribution is 2.49. The molecule has 5 heteroatoms. The molecular formula is C23H18N2O3. The first-order valence-corrected chi connectivity index (χ1v) is 8.71. The summed E-state index contributed by atoms with van der Waals surface area (Å²) in [5.41, 5.74) is 3.10. The molecule has 0 spiro atoms. The van der Waals surface area contributed by atoms with E-state index in [0.717, 1.165) is 16.7 Å².